The lowest BCUT2D eigenvalue weighted by Gasteiger charge is -2.16. The maximum atomic E-state index is 13.5. The SMILES string of the molecule is COC(=O)C(NC(=O)c1cc(C2CC2)nc2onc(-c3ccccc3)c12)c1csc(Br)c1. The summed E-state index contributed by atoms with van der Waals surface area (Å²) >= 11 is 4.83. The quantitative estimate of drug-likeness (QED) is 0.356. The van der Waals surface area contributed by atoms with Crippen molar-refractivity contribution in [2.75, 3.05) is 7.11 Å². The number of methoxy groups -OCH3 is 1. The fourth-order valence-electron chi connectivity index (χ4n) is 3.61. The van der Waals surface area contributed by atoms with Crippen LogP contribution < -0.4 is 5.32 Å². The van der Waals surface area contributed by atoms with Crippen LogP contribution in [0.3, 0.4) is 0 Å². The highest BCUT2D eigenvalue weighted by Crippen LogP contribution is 2.41. The molecule has 3 aromatic heterocycles. The van der Waals surface area contributed by atoms with Gasteiger partial charge in [-0.25, -0.2) is 9.78 Å². The number of hydrogen-bond donors (Lipinski definition) is 1. The van der Waals surface area contributed by atoms with Crippen LogP contribution in [0.5, 0.6) is 0 Å². The minimum Gasteiger partial charge on any atom is -0.467 e. The van der Waals surface area contributed by atoms with Gasteiger partial charge in [0.1, 0.15) is 5.69 Å². The molecule has 0 saturated heterocycles. The minimum atomic E-state index is -0.942. The Morgan fingerprint density at radius 2 is 2.03 bits per heavy atom. The molecule has 1 unspecified atom stereocenters. The maximum absolute atomic E-state index is 13.5. The summed E-state index contributed by atoms with van der Waals surface area (Å²) in [6.45, 7) is 0. The van der Waals surface area contributed by atoms with Gasteiger partial charge in [0.25, 0.3) is 11.6 Å². The Hall–Kier alpha value is -3.04. The first-order valence-electron chi connectivity index (χ1n) is 10.0. The Balaban J connectivity index is 1.60. The number of benzene rings is 1. The van der Waals surface area contributed by atoms with Gasteiger partial charge in [-0.05, 0) is 51.8 Å². The lowest BCUT2D eigenvalue weighted by molar-refractivity contribution is -0.143. The third-order valence-electron chi connectivity index (χ3n) is 5.39. The highest BCUT2D eigenvalue weighted by Gasteiger charge is 2.31. The largest absolute Gasteiger partial charge is 0.467 e. The highest BCUT2D eigenvalue weighted by molar-refractivity contribution is 9.11. The predicted octanol–water partition coefficient (Wildman–Crippen LogP) is 5.24. The zero-order chi connectivity index (χ0) is 22.2. The summed E-state index contributed by atoms with van der Waals surface area (Å²) in [4.78, 5) is 30.6. The standard InChI is InChI=1S/C23H18BrN3O4S/c1-30-23(29)20(14-9-17(24)32-11-14)26-21(28)15-10-16(12-7-8-12)25-22-18(15)19(27-31-22)13-5-3-2-4-6-13/h2-6,9-12,20H,7-8H2,1H3,(H,26,28). The molecule has 0 spiro atoms. The van der Waals surface area contributed by atoms with Crippen LogP contribution in [0.4, 0.5) is 0 Å². The third kappa shape index (κ3) is 3.93. The summed E-state index contributed by atoms with van der Waals surface area (Å²) in [7, 11) is 1.30. The van der Waals surface area contributed by atoms with Crippen LogP contribution in [-0.4, -0.2) is 29.1 Å². The van der Waals surface area contributed by atoms with Crippen molar-refractivity contribution in [3.63, 3.8) is 0 Å². The van der Waals surface area contributed by atoms with E-state index in [1.165, 1.54) is 18.4 Å². The molecule has 7 nitrogen and oxygen atoms in total. The van der Waals surface area contributed by atoms with Crippen LogP contribution in [0.2, 0.25) is 0 Å². The molecule has 1 saturated carbocycles. The molecule has 0 aliphatic heterocycles. The van der Waals surface area contributed by atoms with Gasteiger partial charge >= 0.3 is 5.97 Å². The number of carbonyl (C=O) groups excluding carboxylic acids is 2. The number of amides is 1. The monoisotopic (exact) mass is 511 g/mol. The van der Waals surface area contributed by atoms with Gasteiger partial charge in [-0.2, -0.15) is 0 Å². The molecule has 1 fully saturated rings. The van der Waals surface area contributed by atoms with Gasteiger partial charge in [-0.1, -0.05) is 35.5 Å². The third-order valence-corrected chi connectivity index (χ3v) is 6.91. The molecule has 9 heteroatoms. The van der Waals surface area contributed by atoms with Crippen molar-refractivity contribution in [2.24, 2.45) is 0 Å². The van der Waals surface area contributed by atoms with Crippen molar-refractivity contribution >= 4 is 50.2 Å². The second-order valence-corrected chi connectivity index (χ2v) is 9.85. The molecule has 162 valence electrons. The average Bonchev–Trinajstić information content (AvgIpc) is 3.44. The van der Waals surface area contributed by atoms with Crippen molar-refractivity contribution in [2.45, 2.75) is 24.8 Å². The summed E-state index contributed by atoms with van der Waals surface area (Å²) in [5, 5.41) is 9.37. The van der Waals surface area contributed by atoms with Gasteiger partial charge < -0.3 is 14.6 Å². The summed E-state index contributed by atoms with van der Waals surface area (Å²) in [6.07, 6.45) is 2.04. The van der Waals surface area contributed by atoms with E-state index < -0.39 is 17.9 Å². The van der Waals surface area contributed by atoms with Gasteiger partial charge in [0, 0.05) is 17.2 Å². The fraction of sp³-hybridized carbons (Fsp3) is 0.217. The van der Waals surface area contributed by atoms with E-state index in [9.17, 15) is 9.59 Å². The van der Waals surface area contributed by atoms with Crippen molar-refractivity contribution in [3.8, 4) is 11.3 Å². The number of rotatable bonds is 6. The zero-order valence-corrected chi connectivity index (χ0v) is 19.4. The minimum absolute atomic E-state index is 0.306. The summed E-state index contributed by atoms with van der Waals surface area (Å²) in [6, 6.07) is 12.1. The van der Waals surface area contributed by atoms with E-state index in [0.29, 0.717) is 33.8 Å². The van der Waals surface area contributed by atoms with Gasteiger partial charge in [0.15, 0.2) is 6.04 Å². The topological polar surface area (TPSA) is 94.3 Å². The molecule has 4 aromatic rings. The van der Waals surface area contributed by atoms with E-state index in [-0.39, 0.29) is 0 Å². The number of pyridine rings is 1. The van der Waals surface area contributed by atoms with Gasteiger partial charge in [-0.15, -0.1) is 11.3 Å². The van der Waals surface area contributed by atoms with E-state index in [1.54, 1.807) is 17.5 Å². The van der Waals surface area contributed by atoms with E-state index in [4.69, 9.17) is 9.26 Å². The van der Waals surface area contributed by atoms with Crippen molar-refractivity contribution < 1.29 is 18.8 Å². The van der Waals surface area contributed by atoms with Crippen LogP contribution in [0.1, 0.15) is 46.4 Å². The molecule has 1 aliphatic rings. The smallest absolute Gasteiger partial charge is 0.333 e. The van der Waals surface area contributed by atoms with E-state index >= 15 is 0 Å². The number of esters is 1. The zero-order valence-electron chi connectivity index (χ0n) is 17.0. The number of nitrogens with one attached hydrogen (secondary N) is 1. The Morgan fingerprint density at radius 1 is 1.25 bits per heavy atom. The molecule has 5 rings (SSSR count). The Kier molecular flexibility index (Phi) is 5.52. The molecule has 0 bridgehead atoms. The number of thiophene rings is 1. The molecular formula is C23H18BrN3O4S. The second kappa shape index (κ2) is 8.48. The van der Waals surface area contributed by atoms with Gasteiger partial charge in [0.2, 0.25) is 0 Å². The number of nitrogens with zero attached hydrogens (tertiary/aromatic N) is 2. The van der Waals surface area contributed by atoms with Crippen LogP contribution in [0.15, 0.2) is 56.2 Å². The number of aromatic nitrogens is 2. The summed E-state index contributed by atoms with van der Waals surface area (Å²) in [5.41, 5.74) is 3.47. The van der Waals surface area contributed by atoms with Crippen molar-refractivity contribution in [1.29, 1.82) is 0 Å². The number of fused-ring (bicyclic) bond motifs is 1. The van der Waals surface area contributed by atoms with Gasteiger partial charge in [0.05, 0.1) is 21.8 Å². The molecule has 1 amide bonds. The lowest BCUT2D eigenvalue weighted by atomic mass is 10.0. The molecule has 32 heavy (non-hydrogen) atoms. The van der Waals surface area contributed by atoms with Crippen LogP contribution in [0, 0.1) is 0 Å². The van der Waals surface area contributed by atoms with Crippen molar-refractivity contribution in [3.05, 3.63) is 68.5 Å². The molecule has 1 aromatic carbocycles. The van der Waals surface area contributed by atoms with Crippen LogP contribution in [-0.2, 0) is 9.53 Å². The lowest BCUT2D eigenvalue weighted by Crippen LogP contribution is -2.34. The summed E-state index contributed by atoms with van der Waals surface area (Å²) < 4.78 is 11.3. The molecular weight excluding hydrogens is 494 g/mol. The second-order valence-electron chi connectivity index (χ2n) is 7.56. The fourth-order valence-corrected chi connectivity index (χ4v) is 4.81. The molecule has 0 radical (unpaired) electrons. The first-order chi connectivity index (χ1) is 15.5. The van der Waals surface area contributed by atoms with Gasteiger partial charge in [-0.3, -0.25) is 4.79 Å². The summed E-state index contributed by atoms with van der Waals surface area (Å²) in [5.74, 6) is -0.664. The first kappa shape index (κ1) is 20.8. The van der Waals surface area contributed by atoms with Crippen molar-refractivity contribution in [1.82, 2.24) is 15.5 Å². The predicted molar refractivity (Wildman–Crippen MR) is 123 cm³/mol. The van der Waals surface area contributed by atoms with E-state index in [2.05, 4.69) is 31.4 Å². The number of halogens is 1. The Labute approximate surface area is 195 Å². The molecule has 1 atom stereocenters. The maximum Gasteiger partial charge on any atom is 0.333 e. The number of ether oxygens (including phenoxy) is 1. The van der Waals surface area contributed by atoms with E-state index in [1.807, 2.05) is 30.3 Å². The van der Waals surface area contributed by atoms with Crippen LogP contribution in [0.25, 0.3) is 22.4 Å². The Morgan fingerprint density at radius 3 is 2.69 bits per heavy atom. The average molecular weight is 512 g/mol. The van der Waals surface area contributed by atoms with Crippen LogP contribution >= 0.6 is 27.3 Å². The van der Waals surface area contributed by atoms with E-state index in [0.717, 1.165) is 27.9 Å². The Bertz CT molecular complexity index is 1310. The first-order valence-corrected chi connectivity index (χ1v) is 11.7. The number of carbonyl (C=O) groups is 2. The normalized spacial score (nSPS) is 14.3. The molecule has 3 heterocycles. The highest BCUT2D eigenvalue weighted by atomic mass is 79.9. The molecule has 1 aliphatic carbocycles. The number of hydrogen-bond acceptors (Lipinski definition) is 7. The molecule has 1 N–H and O–H groups in total.